The van der Waals surface area contributed by atoms with Crippen molar-refractivity contribution in [2.75, 3.05) is 14.2 Å². The average Bonchev–Trinajstić information content (AvgIpc) is 2.96. The number of allylic oxidation sites excluding steroid dienone is 3. The molecule has 0 heterocycles. The second-order valence-corrected chi connectivity index (χ2v) is 5.81. The van der Waals surface area contributed by atoms with E-state index in [1.165, 1.54) is 11.1 Å². The first-order chi connectivity index (χ1) is 11.1. The van der Waals surface area contributed by atoms with Crippen molar-refractivity contribution in [3.05, 3.63) is 64.5 Å². The fraction of sp³-hybridized carbons (Fsp3) is 0.316. The topological polar surface area (TPSA) is 47.6 Å². The number of benzene rings is 1. The molecule has 1 amide bonds. The molecule has 0 fully saturated rings. The molecule has 0 spiro atoms. The Kier molecular flexibility index (Phi) is 4.24. The maximum atomic E-state index is 12.5. The number of aryl methyl sites for hydroxylation is 1. The van der Waals surface area contributed by atoms with Crippen LogP contribution in [0.15, 0.2) is 53.3 Å². The van der Waals surface area contributed by atoms with E-state index >= 15 is 0 Å². The Morgan fingerprint density at radius 2 is 2.04 bits per heavy atom. The molecule has 4 nitrogen and oxygen atoms in total. The smallest absolute Gasteiger partial charge is 0.251 e. The summed E-state index contributed by atoms with van der Waals surface area (Å²) < 4.78 is 10.5. The van der Waals surface area contributed by atoms with Crippen LogP contribution in [-0.2, 0) is 4.74 Å². The summed E-state index contributed by atoms with van der Waals surface area (Å²) in [5.74, 6) is 1.69. The summed E-state index contributed by atoms with van der Waals surface area (Å²) in [6.07, 6.45) is 7.84. The lowest BCUT2D eigenvalue weighted by molar-refractivity contribution is 0.0944. The highest BCUT2D eigenvalue weighted by molar-refractivity contribution is 5.95. The van der Waals surface area contributed by atoms with Crippen LogP contribution in [0.1, 0.15) is 28.8 Å². The molecular weight excluding hydrogens is 290 g/mol. The van der Waals surface area contributed by atoms with Crippen LogP contribution in [0.4, 0.5) is 0 Å². The summed E-state index contributed by atoms with van der Waals surface area (Å²) in [6.45, 7) is 1.94. The zero-order valence-electron chi connectivity index (χ0n) is 13.7. The number of amides is 1. The van der Waals surface area contributed by atoms with Gasteiger partial charge in [0.25, 0.3) is 5.91 Å². The molecule has 2 aliphatic rings. The molecule has 0 aromatic heterocycles. The van der Waals surface area contributed by atoms with E-state index in [0.29, 0.717) is 5.56 Å². The summed E-state index contributed by atoms with van der Waals surface area (Å²) in [7, 11) is 3.32. The summed E-state index contributed by atoms with van der Waals surface area (Å²) in [5.41, 5.74) is 4.04. The van der Waals surface area contributed by atoms with Crippen LogP contribution < -0.4 is 10.1 Å². The number of methoxy groups -OCH3 is 2. The molecule has 1 aromatic rings. The number of carbonyl (C=O) groups is 1. The number of carbonyl (C=O) groups excluding carboxylic acids is 1. The van der Waals surface area contributed by atoms with Crippen LogP contribution in [0, 0.1) is 6.92 Å². The lowest BCUT2D eigenvalue weighted by Crippen LogP contribution is -2.34. The van der Waals surface area contributed by atoms with Crippen molar-refractivity contribution in [2.24, 2.45) is 0 Å². The van der Waals surface area contributed by atoms with Crippen LogP contribution >= 0.6 is 0 Å². The predicted octanol–water partition coefficient (Wildman–Crippen LogP) is 3.29. The first-order valence-electron chi connectivity index (χ1n) is 7.72. The van der Waals surface area contributed by atoms with Gasteiger partial charge in [-0.3, -0.25) is 4.79 Å². The third-order valence-corrected chi connectivity index (χ3v) is 4.38. The van der Waals surface area contributed by atoms with E-state index in [4.69, 9.17) is 9.47 Å². The van der Waals surface area contributed by atoms with Crippen LogP contribution in [0.3, 0.4) is 0 Å². The standard InChI is InChI=1S/C19H21NO3/c1-12-10-14(5-9-18(12)23-3)19(21)20-17-8-4-13-11-15(22-2)6-7-16(13)17/h4-7,9-10,17H,8,11H2,1-3H3,(H,20,21). The molecule has 0 bridgehead atoms. The van der Waals surface area contributed by atoms with E-state index < -0.39 is 0 Å². The molecular formula is C19H21NO3. The quantitative estimate of drug-likeness (QED) is 0.928. The molecule has 3 rings (SSSR count). The molecule has 23 heavy (non-hydrogen) atoms. The van der Waals surface area contributed by atoms with Gasteiger partial charge in [-0.05, 0) is 54.3 Å². The fourth-order valence-electron chi connectivity index (χ4n) is 3.09. The Morgan fingerprint density at radius 3 is 2.74 bits per heavy atom. The van der Waals surface area contributed by atoms with Crippen LogP contribution in [0.25, 0.3) is 0 Å². The van der Waals surface area contributed by atoms with E-state index in [-0.39, 0.29) is 11.9 Å². The number of hydrogen-bond donors (Lipinski definition) is 1. The van der Waals surface area contributed by atoms with Gasteiger partial charge in [-0.1, -0.05) is 12.2 Å². The summed E-state index contributed by atoms with van der Waals surface area (Å²) in [6, 6.07) is 5.52. The van der Waals surface area contributed by atoms with E-state index in [2.05, 4.69) is 11.4 Å². The third-order valence-electron chi connectivity index (χ3n) is 4.38. The van der Waals surface area contributed by atoms with Gasteiger partial charge in [0.05, 0.1) is 26.0 Å². The van der Waals surface area contributed by atoms with Gasteiger partial charge >= 0.3 is 0 Å². The van der Waals surface area contributed by atoms with Crippen LogP contribution in [-0.4, -0.2) is 26.2 Å². The highest BCUT2D eigenvalue weighted by Crippen LogP contribution is 2.34. The first kappa shape index (κ1) is 15.4. The fourth-order valence-corrected chi connectivity index (χ4v) is 3.09. The number of ether oxygens (including phenoxy) is 2. The minimum absolute atomic E-state index is 0.0366. The maximum Gasteiger partial charge on any atom is 0.251 e. The highest BCUT2D eigenvalue weighted by Gasteiger charge is 2.27. The number of hydrogen-bond acceptors (Lipinski definition) is 3. The molecule has 0 saturated carbocycles. The average molecular weight is 311 g/mol. The largest absolute Gasteiger partial charge is 0.501 e. The molecule has 1 N–H and O–H groups in total. The zero-order valence-corrected chi connectivity index (χ0v) is 13.7. The van der Waals surface area contributed by atoms with E-state index in [1.54, 1.807) is 20.3 Å². The van der Waals surface area contributed by atoms with Gasteiger partial charge < -0.3 is 14.8 Å². The van der Waals surface area contributed by atoms with Crippen molar-refractivity contribution in [2.45, 2.75) is 25.8 Å². The van der Waals surface area contributed by atoms with Gasteiger partial charge in [0.15, 0.2) is 0 Å². The Hall–Kier alpha value is -2.49. The van der Waals surface area contributed by atoms with Crippen molar-refractivity contribution in [1.29, 1.82) is 0 Å². The number of rotatable bonds is 4. The monoisotopic (exact) mass is 311 g/mol. The molecule has 1 unspecified atom stereocenters. The molecule has 0 saturated heterocycles. The molecule has 2 aliphatic carbocycles. The lowest BCUT2D eigenvalue weighted by Gasteiger charge is -2.20. The zero-order chi connectivity index (χ0) is 16.4. The summed E-state index contributed by atoms with van der Waals surface area (Å²) in [4.78, 5) is 12.5. The second-order valence-electron chi connectivity index (χ2n) is 5.81. The Labute approximate surface area is 136 Å². The van der Waals surface area contributed by atoms with Crippen molar-refractivity contribution in [1.82, 2.24) is 5.32 Å². The predicted molar refractivity (Wildman–Crippen MR) is 89.5 cm³/mol. The Balaban J connectivity index is 1.73. The summed E-state index contributed by atoms with van der Waals surface area (Å²) >= 11 is 0. The van der Waals surface area contributed by atoms with Crippen LogP contribution in [0.2, 0.25) is 0 Å². The van der Waals surface area contributed by atoms with E-state index in [0.717, 1.165) is 29.9 Å². The summed E-state index contributed by atoms with van der Waals surface area (Å²) in [5, 5.41) is 3.12. The first-order valence-corrected chi connectivity index (χ1v) is 7.72. The van der Waals surface area contributed by atoms with E-state index in [9.17, 15) is 4.79 Å². The van der Waals surface area contributed by atoms with Crippen molar-refractivity contribution in [3.63, 3.8) is 0 Å². The molecule has 0 radical (unpaired) electrons. The van der Waals surface area contributed by atoms with E-state index in [1.807, 2.05) is 31.2 Å². The van der Waals surface area contributed by atoms with Crippen molar-refractivity contribution < 1.29 is 14.3 Å². The van der Waals surface area contributed by atoms with Gasteiger partial charge in [-0.2, -0.15) is 0 Å². The van der Waals surface area contributed by atoms with Gasteiger partial charge in [0, 0.05) is 12.0 Å². The Bertz CT molecular complexity index is 728. The maximum absolute atomic E-state index is 12.5. The Morgan fingerprint density at radius 1 is 1.22 bits per heavy atom. The molecule has 120 valence electrons. The van der Waals surface area contributed by atoms with Crippen molar-refractivity contribution in [3.8, 4) is 5.75 Å². The molecule has 4 heteroatoms. The number of nitrogens with one attached hydrogen (secondary N) is 1. The van der Waals surface area contributed by atoms with Crippen molar-refractivity contribution >= 4 is 5.91 Å². The van der Waals surface area contributed by atoms with Gasteiger partial charge in [-0.25, -0.2) is 0 Å². The molecule has 0 aliphatic heterocycles. The molecule has 1 aromatic carbocycles. The van der Waals surface area contributed by atoms with Crippen LogP contribution in [0.5, 0.6) is 5.75 Å². The highest BCUT2D eigenvalue weighted by atomic mass is 16.5. The third kappa shape index (κ3) is 3.02. The minimum Gasteiger partial charge on any atom is -0.501 e. The normalized spacial score (nSPS) is 19.3. The van der Waals surface area contributed by atoms with Gasteiger partial charge in [-0.15, -0.1) is 0 Å². The second kappa shape index (κ2) is 6.32. The SMILES string of the molecule is COC1=CC=C2C(=CCC2NC(=O)c2ccc(OC)c(C)c2)C1. The number of fused-ring (bicyclic) bond motifs is 1. The molecule has 1 atom stereocenters. The van der Waals surface area contributed by atoms with Gasteiger partial charge in [0.2, 0.25) is 0 Å². The van der Waals surface area contributed by atoms with Gasteiger partial charge in [0.1, 0.15) is 5.75 Å². The minimum atomic E-state index is -0.0576. The lowest BCUT2D eigenvalue weighted by atomic mass is 9.97.